The van der Waals surface area contributed by atoms with E-state index in [0.29, 0.717) is 0 Å². The molecule has 2 nitrogen and oxygen atoms in total. The first-order chi connectivity index (χ1) is 11.4. The van der Waals surface area contributed by atoms with Crippen LogP contribution >= 0.6 is 0 Å². The van der Waals surface area contributed by atoms with Crippen molar-refractivity contribution in [1.29, 1.82) is 0 Å². The summed E-state index contributed by atoms with van der Waals surface area (Å²) in [5.74, 6) is 0. The van der Waals surface area contributed by atoms with E-state index in [0.717, 1.165) is 13.1 Å². The molecule has 0 atom stereocenters. The Labute approximate surface area is 146 Å². The van der Waals surface area contributed by atoms with Crippen molar-refractivity contribution >= 4 is 0 Å². The minimum atomic E-state index is 0.859. The molecule has 4 N–H and O–H groups in total. The maximum Gasteiger partial charge on any atom is -0.00773 e. The molecule has 23 heavy (non-hydrogen) atoms. The Hall–Kier alpha value is -0.340. The molecule has 0 heterocycles. The van der Waals surface area contributed by atoms with Gasteiger partial charge in [-0.1, -0.05) is 82.8 Å². The second-order valence-electron chi connectivity index (χ2n) is 6.93. The zero-order valence-electron chi connectivity index (χ0n) is 15.7. The van der Waals surface area contributed by atoms with E-state index < -0.39 is 0 Å². The van der Waals surface area contributed by atoms with Gasteiger partial charge in [0.1, 0.15) is 0 Å². The summed E-state index contributed by atoms with van der Waals surface area (Å²) in [6, 6.07) is 0. The van der Waals surface area contributed by atoms with Gasteiger partial charge in [-0.3, -0.25) is 0 Å². The van der Waals surface area contributed by atoms with Crippen molar-refractivity contribution in [2.45, 2.75) is 109 Å². The van der Waals surface area contributed by atoms with Crippen molar-refractivity contribution in [1.82, 2.24) is 0 Å². The van der Waals surface area contributed by atoms with Gasteiger partial charge in [0.2, 0.25) is 0 Å². The van der Waals surface area contributed by atoms with Crippen LogP contribution in [0.1, 0.15) is 109 Å². The van der Waals surface area contributed by atoms with Crippen molar-refractivity contribution < 1.29 is 0 Å². The molecule has 2 heteroatoms. The zero-order chi connectivity index (χ0) is 16.8. The zero-order valence-corrected chi connectivity index (χ0v) is 15.7. The van der Waals surface area contributed by atoms with E-state index in [-0.39, 0.29) is 0 Å². The van der Waals surface area contributed by atoms with E-state index in [1.807, 2.05) is 0 Å². The molecule has 0 aliphatic rings. The summed E-state index contributed by atoms with van der Waals surface area (Å²) in [7, 11) is 0. The highest BCUT2D eigenvalue weighted by Gasteiger charge is 1.92. The van der Waals surface area contributed by atoms with Crippen LogP contribution < -0.4 is 11.5 Å². The number of hydrogen-bond acceptors (Lipinski definition) is 2. The summed E-state index contributed by atoms with van der Waals surface area (Å²) in [6.45, 7) is 1.72. The number of unbranched alkanes of at least 4 members (excludes halogenated alkanes) is 15. The molecule has 0 fully saturated rings. The molecule has 0 bridgehead atoms. The molecule has 0 unspecified atom stereocenters. The molecule has 0 spiro atoms. The van der Waals surface area contributed by atoms with Gasteiger partial charge in [-0.05, 0) is 51.6 Å². The van der Waals surface area contributed by atoms with Gasteiger partial charge >= 0.3 is 0 Å². The minimum Gasteiger partial charge on any atom is -0.330 e. The van der Waals surface area contributed by atoms with Gasteiger partial charge in [-0.25, -0.2) is 0 Å². The fourth-order valence-electron chi connectivity index (χ4n) is 2.99. The lowest BCUT2D eigenvalue weighted by molar-refractivity contribution is 0.561. The molecule has 0 rings (SSSR count). The second kappa shape index (κ2) is 21.7. The largest absolute Gasteiger partial charge is 0.330 e. The number of nitrogens with two attached hydrogens (primary N) is 2. The standard InChI is InChI=1S/C21H44N2/c22-20-18-16-14-12-10-8-6-4-2-1-3-5-7-9-11-13-15-17-19-21-23/h2,4H,1,3,5-23H2. The molecule has 0 saturated heterocycles. The Bertz CT molecular complexity index is 226. The van der Waals surface area contributed by atoms with Crippen molar-refractivity contribution in [3.8, 4) is 0 Å². The van der Waals surface area contributed by atoms with Crippen LogP contribution in [0.15, 0.2) is 12.2 Å². The summed E-state index contributed by atoms with van der Waals surface area (Å²) in [6.07, 6.45) is 27.8. The summed E-state index contributed by atoms with van der Waals surface area (Å²) < 4.78 is 0. The van der Waals surface area contributed by atoms with Crippen molar-refractivity contribution in [3.05, 3.63) is 12.2 Å². The molecule has 0 radical (unpaired) electrons. The van der Waals surface area contributed by atoms with E-state index in [2.05, 4.69) is 12.2 Å². The maximum absolute atomic E-state index is 5.50. The van der Waals surface area contributed by atoms with Crippen molar-refractivity contribution in [3.63, 3.8) is 0 Å². The molecule has 0 amide bonds. The van der Waals surface area contributed by atoms with Gasteiger partial charge in [0, 0.05) is 0 Å². The Kier molecular flexibility index (Phi) is 21.3. The average molecular weight is 325 g/mol. The van der Waals surface area contributed by atoms with Crippen LogP contribution in [0, 0.1) is 0 Å². The van der Waals surface area contributed by atoms with Crippen molar-refractivity contribution in [2.75, 3.05) is 13.1 Å². The van der Waals surface area contributed by atoms with Gasteiger partial charge in [0.05, 0.1) is 0 Å². The molecule has 0 saturated carbocycles. The molecule has 0 aliphatic heterocycles. The predicted octanol–water partition coefficient (Wildman–Crippen LogP) is 6.09. The van der Waals surface area contributed by atoms with E-state index in [4.69, 9.17) is 11.5 Å². The summed E-state index contributed by atoms with van der Waals surface area (Å²) in [5, 5.41) is 0. The second-order valence-corrected chi connectivity index (χ2v) is 6.93. The van der Waals surface area contributed by atoms with Crippen LogP contribution in [-0.2, 0) is 0 Å². The minimum absolute atomic E-state index is 0.859. The highest BCUT2D eigenvalue weighted by molar-refractivity contribution is 4.81. The Balaban J connectivity index is 3.03. The van der Waals surface area contributed by atoms with E-state index in [9.17, 15) is 0 Å². The molecule has 0 aromatic heterocycles. The fourth-order valence-corrected chi connectivity index (χ4v) is 2.99. The number of allylic oxidation sites excluding steroid dienone is 2. The first-order valence-corrected chi connectivity index (χ1v) is 10.5. The highest BCUT2D eigenvalue weighted by Crippen LogP contribution is 2.11. The smallest absolute Gasteiger partial charge is 0.00773 e. The van der Waals surface area contributed by atoms with Crippen LogP contribution in [0.2, 0.25) is 0 Å². The maximum atomic E-state index is 5.50. The van der Waals surface area contributed by atoms with Gasteiger partial charge in [-0.2, -0.15) is 0 Å². The lowest BCUT2D eigenvalue weighted by Crippen LogP contribution is -1.97. The normalized spacial score (nSPS) is 11.6. The third-order valence-corrected chi connectivity index (χ3v) is 4.57. The summed E-state index contributed by atoms with van der Waals surface area (Å²) in [5.41, 5.74) is 11.0. The molecule has 0 aromatic rings. The molecular formula is C21H44N2. The quantitative estimate of drug-likeness (QED) is 0.223. The van der Waals surface area contributed by atoms with E-state index in [1.165, 1.54) is 109 Å². The monoisotopic (exact) mass is 324 g/mol. The topological polar surface area (TPSA) is 52.0 Å². The molecular weight excluding hydrogens is 280 g/mol. The van der Waals surface area contributed by atoms with Gasteiger partial charge in [-0.15, -0.1) is 0 Å². The molecule has 0 aliphatic carbocycles. The van der Waals surface area contributed by atoms with E-state index >= 15 is 0 Å². The van der Waals surface area contributed by atoms with Gasteiger partial charge in [0.25, 0.3) is 0 Å². The van der Waals surface area contributed by atoms with Gasteiger partial charge in [0.15, 0.2) is 0 Å². The van der Waals surface area contributed by atoms with E-state index in [1.54, 1.807) is 0 Å². The third kappa shape index (κ3) is 21.7. The van der Waals surface area contributed by atoms with Crippen LogP contribution in [0.3, 0.4) is 0 Å². The van der Waals surface area contributed by atoms with Crippen LogP contribution in [0.5, 0.6) is 0 Å². The van der Waals surface area contributed by atoms with Crippen LogP contribution in [-0.4, -0.2) is 13.1 Å². The third-order valence-electron chi connectivity index (χ3n) is 4.57. The Morgan fingerprint density at radius 2 is 0.609 bits per heavy atom. The lowest BCUT2D eigenvalue weighted by atomic mass is 10.1. The van der Waals surface area contributed by atoms with Gasteiger partial charge < -0.3 is 11.5 Å². The summed E-state index contributed by atoms with van der Waals surface area (Å²) in [4.78, 5) is 0. The SMILES string of the molecule is NCCCCCCCCC=CCCCCCCCCCCCN. The predicted molar refractivity (Wildman–Crippen MR) is 106 cm³/mol. The van der Waals surface area contributed by atoms with Crippen LogP contribution in [0.25, 0.3) is 0 Å². The highest BCUT2D eigenvalue weighted by atomic mass is 14.5. The molecule has 0 aromatic carbocycles. The number of hydrogen-bond donors (Lipinski definition) is 2. The molecule has 138 valence electrons. The number of rotatable bonds is 19. The first kappa shape index (κ1) is 22.7. The Morgan fingerprint density at radius 1 is 0.348 bits per heavy atom. The lowest BCUT2D eigenvalue weighted by Gasteiger charge is -2.01. The van der Waals surface area contributed by atoms with Crippen molar-refractivity contribution in [2.24, 2.45) is 11.5 Å². The Morgan fingerprint density at radius 3 is 0.913 bits per heavy atom. The van der Waals surface area contributed by atoms with Crippen LogP contribution in [0.4, 0.5) is 0 Å². The average Bonchev–Trinajstić information content (AvgIpc) is 2.57. The first-order valence-electron chi connectivity index (χ1n) is 10.5. The summed E-state index contributed by atoms with van der Waals surface area (Å²) >= 11 is 0. The fraction of sp³-hybridized carbons (Fsp3) is 0.905.